The zero-order valence-electron chi connectivity index (χ0n) is 16.1. The molecule has 2 aromatic heterocycles. The van der Waals surface area contributed by atoms with Crippen molar-refractivity contribution in [2.24, 2.45) is 0 Å². The molecule has 3 rings (SSSR count). The number of hydrogen-bond acceptors (Lipinski definition) is 2. The summed E-state index contributed by atoms with van der Waals surface area (Å²) in [5.74, 6) is 1.29. The van der Waals surface area contributed by atoms with Crippen LogP contribution in [0.2, 0.25) is 0 Å². The van der Waals surface area contributed by atoms with E-state index in [-0.39, 0.29) is 0 Å². The summed E-state index contributed by atoms with van der Waals surface area (Å²) in [7, 11) is 0. The van der Waals surface area contributed by atoms with Gasteiger partial charge in [-0.2, -0.15) is 0 Å². The molecule has 0 spiro atoms. The molecule has 0 N–H and O–H groups in total. The fraction of sp³-hybridized carbons (Fsp3) is 0.348. The molecule has 26 heavy (non-hydrogen) atoms. The van der Waals surface area contributed by atoms with Gasteiger partial charge in [0.2, 0.25) is 0 Å². The number of carbonyl (C=O) groups is 1. The first kappa shape index (κ1) is 18.2. The standard InChI is InChI=1S/C23H27NO2/c1-5-16(4)18-9-11-23(26-7-3)21(12-18)20-13-19-10-8-17(6-2)14-24(19)22(20)15-25/h8-16H,5-7H2,1-4H3. The maximum absolute atomic E-state index is 12.0. The Balaban J connectivity index is 2.25. The third kappa shape index (κ3) is 3.26. The molecule has 0 amide bonds. The molecular weight excluding hydrogens is 322 g/mol. The lowest BCUT2D eigenvalue weighted by molar-refractivity contribution is 0.111. The quantitative estimate of drug-likeness (QED) is 0.498. The highest BCUT2D eigenvalue weighted by Gasteiger charge is 2.17. The minimum atomic E-state index is 0.466. The highest BCUT2D eigenvalue weighted by Crippen LogP contribution is 2.37. The summed E-state index contributed by atoms with van der Waals surface area (Å²) in [5, 5.41) is 0. The maximum atomic E-state index is 12.0. The van der Waals surface area contributed by atoms with Crippen LogP contribution < -0.4 is 4.74 Å². The van der Waals surface area contributed by atoms with E-state index >= 15 is 0 Å². The molecule has 0 aliphatic carbocycles. The van der Waals surface area contributed by atoms with Crippen molar-refractivity contribution in [2.45, 2.75) is 46.5 Å². The van der Waals surface area contributed by atoms with Crippen molar-refractivity contribution in [1.82, 2.24) is 4.40 Å². The van der Waals surface area contributed by atoms with Crippen LogP contribution in [0.5, 0.6) is 5.75 Å². The molecule has 1 aromatic carbocycles. The van der Waals surface area contributed by atoms with Gasteiger partial charge in [-0.25, -0.2) is 0 Å². The average molecular weight is 349 g/mol. The summed E-state index contributed by atoms with van der Waals surface area (Å²) >= 11 is 0. The molecule has 136 valence electrons. The number of ether oxygens (including phenoxy) is 1. The van der Waals surface area contributed by atoms with E-state index in [0.29, 0.717) is 18.2 Å². The predicted molar refractivity (Wildman–Crippen MR) is 107 cm³/mol. The number of carbonyl (C=O) groups excluding carboxylic acids is 1. The van der Waals surface area contributed by atoms with Crippen LogP contribution in [0.15, 0.2) is 42.6 Å². The van der Waals surface area contributed by atoms with Crippen molar-refractivity contribution >= 4 is 11.8 Å². The number of aryl methyl sites for hydroxylation is 1. The molecule has 3 aromatic rings. The van der Waals surface area contributed by atoms with E-state index in [0.717, 1.165) is 41.5 Å². The number of aldehydes is 1. The smallest absolute Gasteiger partial charge is 0.167 e. The summed E-state index contributed by atoms with van der Waals surface area (Å²) in [6.07, 6.45) is 5.02. The molecule has 1 atom stereocenters. The van der Waals surface area contributed by atoms with E-state index in [1.165, 1.54) is 11.1 Å². The zero-order chi connectivity index (χ0) is 18.7. The van der Waals surface area contributed by atoms with E-state index in [1.807, 2.05) is 17.4 Å². The zero-order valence-corrected chi connectivity index (χ0v) is 16.1. The van der Waals surface area contributed by atoms with Crippen LogP contribution in [-0.4, -0.2) is 17.3 Å². The van der Waals surface area contributed by atoms with Crippen LogP contribution in [0.4, 0.5) is 0 Å². The number of benzene rings is 1. The second kappa shape index (κ2) is 7.77. The third-order valence-electron chi connectivity index (χ3n) is 5.16. The first-order valence-electron chi connectivity index (χ1n) is 9.49. The van der Waals surface area contributed by atoms with Crippen LogP contribution >= 0.6 is 0 Å². The fourth-order valence-corrected chi connectivity index (χ4v) is 3.36. The monoisotopic (exact) mass is 349 g/mol. The van der Waals surface area contributed by atoms with Gasteiger partial charge in [0, 0.05) is 22.8 Å². The van der Waals surface area contributed by atoms with Crippen LogP contribution in [0.25, 0.3) is 16.6 Å². The average Bonchev–Trinajstić information content (AvgIpc) is 3.05. The Hall–Kier alpha value is -2.55. The number of nitrogens with zero attached hydrogens (tertiary/aromatic N) is 1. The molecule has 0 aliphatic rings. The van der Waals surface area contributed by atoms with Crippen molar-refractivity contribution < 1.29 is 9.53 Å². The van der Waals surface area contributed by atoms with Crippen molar-refractivity contribution in [2.75, 3.05) is 6.61 Å². The van der Waals surface area contributed by atoms with E-state index < -0.39 is 0 Å². The summed E-state index contributed by atoms with van der Waals surface area (Å²) in [4.78, 5) is 12.0. The van der Waals surface area contributed by atoms with E-state index in [9.17, 15) is 4.79 Å². The fourth-order valence-electron chi connectivity index (χ4n) is 3.36. The minimum Gasteiger partial charge on any atom is -0.493 e. The van der Waals surface area contributed by atoms with Crippen molar-refractivity contribution in [3.63, 3.8) is 0 Å². The van der Waals surface area contributed by atoms with Gasteiger partial charge in [-0.15, -0.1) is 0 Å². The van der Waals surface area contributed by atoms with Gasteiger partial charge in [0.25, 0.3) is 0 Å². The molecule has 1 unspecified atom stereocenters. The lowest BCUT2D eigenvalue weighted by Crippen LogP contribution is -1.99. The lowest BCUT2D eigenvalue weighted by atomic mass is 9.94. The molecule has 0 radical (unpaired) electrons. The molecule has 3 heteroatoms. The third-order valence-corrected chi connectivity index (χ3v) is 5.16. The maximum Gasteiger partial charge on any atom is 0.167 e. The topological polar surface area (TPSA) is 30.7 Å². The van der Waals surface area contributed by atoms with Gasteiger partial charge in [-0.1, -0.05) is 32.9 Å². The molecule has 0 aliphatic heterocycles. The van der Waals surface area contributed by atoms with Gasteiger partial charge in [0.05, 0.1) is 12.3 Å². The first-order chi connectivity index (χ1) is 12.6. The molecule has 0 fully saturated rings. The van der Waals surface area contributed by atoms with Gasteiger partial charge in [-0.05, 0) is 61.1 Å². The molecule has 0 saturated heterocycles. The van der Waals surface area contributed by atoms with Gasteiger partial charge in [0.1, 0.15) is 5.75 Å². The first-order valence-corrected chi connectivity index (χ1v) is 9.49. The van der Waals surface area contributed by atoms with E-state index in [2.05, 4.69) is 57.3 Å². The molecule has 3 nitrogen and oxygen atoms in total. The lowest BCUT2D eigenvalue weighted by Gasteiger charge is -2.15. The number of rotatable bonds is 7. The Bertz CT molecular complexity index is 923. The van der Waals surface area contributed by atoms with Crippen molar-refractivity contribution in [1.29, 1.82) is 0 Å². The Morgan fingerprint density at radius 1 is 1.08 bits per heavy atom. The largest absolute Gasteiger partial charge is 0.493 e. The van der Waals surface area contributed by atoms with Gasteiger partial charge in [-0.3, -0.25) is 4.79 Å². The summed E-state index contributed by atoms with van der Waals surface area (Å²) in [6, 6.07) is 12.6. The van der Waals surface area contributed by atoms with Crippen LogP contribution in [0, 0.1) is 0 Å². The van der Waals surface area contributed by atoms with Gasteiger partial charge in [0.15, 0.2) is 6.29 Å². The number of aromatic nitrogens is 1. The summed E-state index contributed by atoms with van der Waals surface area (Å²) < 4.78 is 7.87. The predicted octanol–water partition coefficient (Wildman–Crippen LogP) is 5.89. The van der Waals surface area contributed by atoms with Crippen LogP contribution in [-0.2, 0) is 6.42 Å². The Morgan fingerprint density at radius 3 is 2.54 bits per heavy atom. The van der Waals surface area contributed by atoms with Crippen molar-refractivity contribution in [3.05, 3.63) is 59.4 Å². The number of pyridine rings is 1. The van der Waals surface area contributed by atoms with Gasteiger partial charge >= 0.3 is 0 Å². The normalized spacial score (nSPS) is 12.3. The van der Waals surface area contributed by atoms with E-state index in [1.54, 1.807) is 0 Å². The minimum absolute atomic E-state index is 0.466. The Morgan fingerprint density at radius 2 is 1.88 bits per heavy atom. The Labute approximate surface area is 155 Å². The van der Waals surface area contributed by atoms with Crippen LogP contribution in [0.1, 0.15) is 61.6 Å². The van der Waals surface area contributed by atoms with Crippen molar-refractivity contribution in [3.8, 4) is 16.9 Å². The highest BCUT2D eigenvalue weighted by molar-refractivity contribution is 5.91. The Kier molecular flexibility index (Phi) is 5.46. The van der Waals surface area contributed by atoms with Crippen LogP contribution in [0.3, 0.4) is 0 Å². The summed E-state index contributed by atoms with van der Waals surface area (Å²) in [6.45, 7) is 9.12. The SMILES string of the molecule is CCOc1ccc(C(C)CC)cc1-c1cc2ccc(CC)cn2c1C=O. The number of fused-ring (bicyclic) bond motifs is 1. The molecule has 0 bridgehead atoms. The second-order valence-corrected chi connectivity index (χ2v) is 6.74. The molecule has 2 heterocycles. The number of hydrogen-bond donors (Lipinski definition) is 0. The molecule has 0 saturated carbocycles. The second-order valence-electron chi connectivity index (χ2n) is 6.74. The summed E-state index contributed by atoms with van der Waals surface area (Å²) in [5.41, 5.74) is 6.11. The van der Waals surface area contributed by atoms with Gasteiger partial charge < -0.3 is 9.14 Å². The van der Waals surface area contributed by atoms with E-state index in [4.69, 9.17) is 4.74 Å². The highest BCUT2D eigenvalue weighted by atomic mass is 16.5. The molecular formula is C23H27NO2.